The molecule has 0 radical (unpaired) electrons. The number of benzene rings is 2. The van der Waals surface area contributed by atoms with Crippen molar-refractivity contribution in [3.63, 3.8) is 0 Å². The molecule has 4 aromatic rings. The molecular weight excluding hydrogens is 342 g/mol. The number of rotatable bonds is 5. The Balaban J connectivity index is 1.90. The van der Waals surface area contributed by atoms with Crippen LogP contribution in [0.1, 0.15) is 13.8 Å². The maximum Gasteiger partial charge on any atom is 0.235 e. The van der Waals surface area contributed by atoms with Gasteiger partial charge in [-0.25, -0.2) is 0 Å². The molecule has 0 aliphatic carbocycles. The van der Waals surface area contributed by atoms with E-state index in [0.29, 0.717) is 22.5 Å². The van der Waals surface area contributed by atoms with Crippen molar-refractivity contribution in [1.82, 2.24) is 0 Å². The lowest BCUT2D eigenvalue weighted by Crippen LogP contribution is -2.21. The van der Waals surface area contributed by atoms with E-state index in [1.54, 1.807) is 18.2 Å². The monoisotopic (exact) mass is 363 g/mol. The van der Waals surface area contributed by atoms with Gasteiger partial charge in [-0.05, 0) is 44.2 Å². The molecule has 138 valence electrons. The van der Waals surface area contributed by atoms with E-state index in [1.807, 2.05) is 24.3 Å². The third-order valence-electron chi connectivity index (χ3n) is 4.82. The molecule has 0 unspecified atom stereocenters. The lowest BCUT2D eigenvalue weighted by Gasteiger charge is -2.20. The molecule has 0 aliphatic rings. The molecule has 0 aliphatic heterocycles. The minimum Gasteiger partial charge on any atom is -0.489 e. The number of hydrogen-bond acceptors (Lipinski definition) is 5. The van der Waals surface area contributed by atoms with Gasteiger partial charge in [0.05, 0.1) is 12.5 Å². The summed E-state index contributed by atoms with van der Waals surface area (Å²) in [5.41, 5.74) is 2.13. The van der Waals surface area contributed by atoms with Gasteiger partial charge >= 0.3 is 0 Å². The Kier molecular flexibility index (Phi) is 4.36. The van der Waals surface area contributed by atoms with Crippen molar-refractivity contribution in [3.8, 4) is 17.3 Å². The first-order valence-electron chi connectivity index (χ1n) is 9.05. The summed E-state index contributed by atoms with van der Waals surface area (Å²) < 4.78 is 17.4. The first kappa shape index (κ1) is 17.2. The zero-order valence-corrected chi connectivity index (χ0v) is 15.6. The average molecular weight is 363 g/mol. The molecule has 0 amide bonds. The molecule has 0 spiro atoms. The van der Waals surface area contributed by atoms with Gasteiger partial charge in [0.2, 0.25) is 16.9 Å². The van der Waals surface area contributed by atoms with Crippen LogP contribution >= 0.6 is 0 Å². The molecule has 5 heteroatoms. The van der Waals surface area contributed by atoms with Crippen LogP contribution in [-0.4, -0.2) is 20.2 Å². The molecule has 2 aromatic heterocycles. The van der Waals surface area contributed by atoms with E-state index in [0.717, 1.165) is 29.7 Å². The van der Waals surface area contributed by atoms with E-state index in [-0.39, 0.29) is 11.2 Å². The molecule has 0 N–H and O–H groups in total. The second-order valence-electron chi connectivity index (χ2n) is 6.29. The number of ether oxygens (including phenoxy) is 1. The first-order chi connectivity index (χ1) is 13.2. The van der Waals surface area contributed by atoms with Gasteiger partial charge in [-0.1, -0.05) is 12.1 Å². The summed E-state index contributed by atoms with van der Waals surface area (Å²) >= 11 is 0. The molecule has 0 fully saturated rings. The van der Waals surface area contributed by atoms with Crippen LogP contribution in [-0.2, 0) is 0 Å². The second-order valence-corrected chi connectivity index (χ2v) is 6.29. The van der Waals surface area contributed by atoms with Crippen molar-refractivity contribution in [2.75, 3.05) is 25.1 Å². The predicted molar refractivity (Wildman–Crippen MR) is 108 cm³/mol. The molecule has 27 heavy (non-hydrogen) atoms. The summed E-state index contributed by atoms with van der Waals surface area (Å²) in [5, 5.41) is 1.43. The zero-order chi connectivity index (χ0) is 19.0. The molecule has 5 nitrogen and oxygen atoms in total. The fourth-order valence-corrected chi connectivity index (χ4v) is 3.39. The van der Waals surface area contributed by atoms with Gasteiger partial charge in [-0.15, -0.1) is 0 Å². The molecule has 2 aromatic carbocycles. The Morgan fingerprint density at radius 1 is 0.963 bits per heavy atom. The van der Waals surface area contributed by atoms with E-state index >= 15 is 0 Å². The summed E-state index contributed by atoms with van der Waals surface area (Å²) in [6.45, 7) is 6.08. The SMILES string of the molecule is CCN(CC)c1ccc2cc(-c3oc4ccccc4c(=O)c3OC)oc2c1. The van der Waals surface area contributed by atoms with Crippen LogP contribution in [0.3, 0.4) is 0 Å². The van der Waals surface area contributed by atoms with Crippen LogP contribution in [0.2, 0.25) is 0 Å². The van der Waals surface area contributed by atoms with Crippen molar-refractivity contribution in [1.29, 1.82) is 0 Å². The van der Waals surface area contributed by atoms with Gasteiger partial charge in [0.15, 0.2) is 5.76 Å². The third kappa shape index (κ3) is 2.85. The molecule has 2 heterocycles. The number of para-hydroxylation sites is 1. The van der Waals surface area contributed by atoms with Gasteiger partial charge < -0.3 is 18.5 Å². The zero-order valence-electron chi connectivity index (χ0n) is 15.6. The van der Waals surface area contributed by atoms with E-state index in [4.69, 9.17) is 13.6 Å². The predicted octanol–water partition coefficient (Wildman–Crippen LogP) is 5.06. The highest BCUT2D eigenvalue weighted by Gasteiger charge is 2.20. The lowest BCUT2D eigenvalue weighted by molar-refractivity contribution is 0.395. The number of hydrogen-bond donors (Lipinski definition) is 0. The summed E-state index contributed by atoms with van der Waals surface area (Å²) in [5.74, 6) is 0.930. The maximum atomic E-state index is 12.8. The average Bonchev–Trinajstić information content (AvgIpc) is 3.12. The van der Waals surface area contributed by atoms with Crippen molar-refractivity contribution in [2.24, 2.45) is 0 Å². The van der Waals surface area contributed by atoms with Crippen LogP contribution < -0.4 is 15.1 Å². The maximum absolute atomic E-state index is 12.8. The largest absolute Gasteiger partial charge is 0.489 e. The van der Waals surface area contributed by atoms with Crippen LogP contribution in [0.5, 0.6) is 5.75 Å². The third-order valence-corrected chi connectivity index (χ3v) is 4.82. The van der Waals surface area contributed by atoms with Gasteiger partial charge in [-0.2, -0.15) is 0 Å². The van der Waals surface area contributed by atoms with Crippen molar-refractivity contribution in [3.05, 3.63) is 58.8 Å². The summed E-state index contributed by atoms with van der Waals surface area (Å²) in [7, 11) is 1.46. The molecule has 0 saturated carbocycles. The van der Waals surface area contributed by atoms with Crippen LogP contribution in [0.4, 0.5) is 5.69 Å². The van der Waals surface area contributed by atoms with E-state index in [9.17, 15) is 4.79 Å². The second kappa shape index (κ2) is 6.83. The van der Waals surface area contributed by atoms with Gasteiger partial charge in [0, 0.05) is 30.2 Å². The highest BCUT2D eigenvalue weighted by atomic mass is 16.5. The Morgan fingerprint density at radius 2 is 1.74 bits per heavy atom. The molecule has 0 bridgehead atoms. The Labute approximate surface area is 156 Å². The lowest BCUT2D eigenvalue weighted by atomic mass is 10.1. The minimum atomic E-state index is -0.210. The molecule has 0 atom stereocenters. The highest BCUT2D eigenvalue weighted by molar-refractivity contribution is 5.87. The van der Waals surface area contributed by atoms with E-state index < -0.39 is 0 Å². The fraction of sp³-hybridized carbons (Fsp3) is 0.227. The van der Waals surface area contributed by atoms with Crippen molar-refractivity contribution >= 4 is 27.6 Å². The Morgan fingerprint density at radius 3 is 2.48 bits per heavy atom. The van der Waals surface area contributed by atoms with Crippen LogP contribution in [0, 0.1) is 0 Å². The van der Waals surface area contributed by atoms with E-state index in [1.165, 1.54) is 7.11 Å². The summed E-state index contributed by atoms with van der Waals surface area (Å²) in [4.78, 5) is 15.0. The smallest absolute Gasteiger partial charge is 0.235 e. The van der Waals surface area contributed by atoms with Crippen LogP contribution in [0.15, 0.2) is 62.2 Å². The fourth-order valence-electron chi connectivity index (χ4n) is 3.39. The summed E-state index contributed by atoms with van der Waals surface area (Å²) in [6.07, 6.45) is 0. The number of anilines is 1. The topological polar surface area (TPSA) is 55.8 Å². The number of fused-ring (bicyclic) bond motifs is 2. The number of methoxy groups -OCH3 is 1. The van der Waals surface area contributed by atoms with Gasteiger partial charge in [0.25, 0.3) is 0 Å². The van der Waals surface area contributed by atoms with Crippen molar-refractivity contribution in [2.45, 2.75) is 13.8 Å². The van der Waals surface area contributed by atoms with Gasteiger partial charge in [0.1, 0.15) is 11.2 Å². The number of furan rings is 1. The van der Waals surface area contributed by atoms with Gasteiger partial charge in [-0.3, -0.25) is 4.79 Å². The first-order valence-corrected chi connectivity index (χ1v) is 9.05. The van der Waals surface area contributed by atoms with E-state index in [2.05, 4.69) is 24.8 Å². The number of nitrogens with zero attached hydrogens (tertiary/aromatic N) is 1. The minimum absolute atomic E-state index is 0.150. The summed E-state index contributed by atoms with van der Waals surface area (Å²) in [6, 6.07) is 15.1. The standard InChI is InChI=1S/C22H21NO4/c1-4-23(5-2)15-11-10-14-12-19(26-18(14)13-15)21-22(25-3)20(24)16-8-6-7-9-17(16)27-21/h6-13H,4-5H2,1-3H3. The van der Waals surface area contributed by atoms with Crippen LogP contribution in [0.25, 0.3) is 33.5 Å². The molecule has 4 rings (SSSR count). The normalized spacial score (nSPS) is 11.2. The molecular formula is C22H21NO4. The highest BCUT2D eigenvalue weighted by Crippen LogP contribution is 2.35. The Bertz CT molecular complexity index is 1170. The Hall–Kier alpha value is -3.21. The van der Waals surface area contributed by atoms with Crippen molar-refractivity contribution < 1.29 is 13.6 Å². The quantitative estimate of drug-likeness (QED) is 0.496. The molecule has 0 saturated heterocycles.